The van der Waals surface area contributed by atoms with Gasteiger partial charge >= 0.3 is 0 Å². The maximum atomic E-state index is 12.6. The monoisotopic (exact) mass is 361 g/mol. The molecule has 5 heteroatoms. The summed E-state index contributed by atoms with van der Waals surface area (Å²) in [6, 6.07) is 16.6. The Morgan fingerprint density at radius 2 is 1.70 bits per heavy atom. The van der Waals surface area contributed by atoms with Crippen molar-refractivity contribution in [3.8, 4) is 6.07 Å². The fourth-order valence-electron chi connectivity index (χ4n) is 3.23. The van der Waals surface area contributed by atoms with Gasteiger partial charge in [-0.3, -0.25) is 14.5 Å². The summed E-state index contributed by atoms with van der Waals surface area (Å²) in [7, 11) is 0. The number of nitriles is 1. The number of hydrogen-bond donors (Lipinski definition) is 0. The number of benzene rings is 2. The molecule has 1 saturated heterocycles. The molecule has 0 radical (unpaired) electrons. The van der Waals surface area contributed by atoms with Gasteiger partial charge in [-0.2, -0.15) is 5.26 Å². The summed E-state index contributed by atoms with van der Waals surface area (Å²) in [5, 5.41) is 8.98. The highest BCUT2D eigenvalue weighted by molar-refractivity contribution is 5.97. The van der Waals surface area contributed by atoms with Crippen LogP contribution in [0.15, 0.2) is 48.5 Å². The molecular formula is C22H23N3O2. The van der Waals surface area contributed by atoms with Crippen LogP contribution in [0.5, 0.6) is 0 Å². The van der Waals surface area contributed by atoms with Crippen LogP contribution >= 0.6 is 0 Å². The van der Waals surface area contributed by atoms with Gasteiger partial charge in [0, 0.05) is 37.3 Å². The Bertz CT molecular complexity index is 860. The number of rotatable bonds is 5. The van der Waals surface area contributed by atoms with Crippen LogP contribution in [0.2, 0.25) is 0 Å². The van der Waals surface area contributed by atoms with Crippen molar-refractivity contribution in [1.29, 1.82) is 5.26 Å². The van der Waals surface area contributed by atoms with Gasteiger partial charge in [0.1, 0.15) is 0 Å². The first-order valence-electron chi connectivity index (χ1n) is 9.24. The largest absolute Gasteiger partial charge is 0.336 e. The quantitative estimate of drug-likeness (QED) is 0.768. The highest BCUT2D eigenvalue weighted by atomic mass is 16.2. The minimum atomic E-state index is -0.0618. The maximum Gasteiger partial charge on any atom is 0.253 e. The fraction of sp³-hybridized carbons (Fsp3) is 0.318. The van der Waals surface area contributed by atoms with Crippen molar-refractivity contribution in [2.45, 2.75) is 13.3 Å². The number of Topliss-reactive ketones (excluding diaryl/α,β-unsaturated/α-hetero) is 1. The third kappa shape index (κ3) is 4.60. The molecule has 0 unspecified atom stereocenters. The summed E-state index contributed by atoms with van der Waals surface area (Å²) in [6.45, 7) is 4.96. The molecule has 0 atom stereocenters. The van der Waals surface area contributed by atoms with E-state index in [-0.39, 0.29) is 11.7 Å². The third-order valence-electron chi connectivity index (χ3n) is 4.95. The van der Waals surface area contributed by atoms with Gasteiger partial charge in [-0.1, -0.05) is 37.3 Å². The summed E-state index contributed by atoms with van der Waals surface area (Å²) < 4.78 is 0. The number of carbonyl (C=O) groups is 2. The number of amides is 1. The van der Waals surface area contributed by atoms with E-state index >= 15 is 0 Å². The van der Waals surface area contributed by atoms with E-state index in [9.17, 15) is 9.59 Å². The Balaban J connectivity index is 1.54. The lowest BCUT2D eigenvalue weighted by Crippen LogP contribution is -2.49. The molecule has 27 heavy (non-hydrogen) atoms. The Kier molecular flexibility index (Phi) is 6.00. The Morgan fingerprint density at radius 1 is 1.00 bits per heavy atom. The van der Waals surface area contributed by atoms with Gasteiger partial charge in [0.25, 0.3) is 5.91 Å². The summed E-state index contributed by atoms with van der Waals surface area (Å²) in [5.41, 5.74) is 2.98. The zero-order chi connectivity index (χ0) is 19.2. The second-order valence-electron chi connectivity index (χ2n) is 6.73. The van der Waals surface area contributed by atoms with Gasteiger partial charge in [0.2, 0.25) is 0 Å². The summed E-state index contributed by atoms with van der Waals surface area (Å²) >= 11 is 0. The topological polar surface area (TPSA) is 64.4 Å². The maximum absolute atomic E-state index is 12.6. The first-order valence-corrected chi connectivity index (χ1v) is 9.24. The second-order valence-corrected chi connectivity index (χ2v) is 6.73. The summed E-state index contributed by atoms with van der Waals surface area (Å²) in [4.78, 5) is 29.0. The van der Waals surface area contributed by atoms with Crippen LogP contribution in [0, 0.1) is 11.3 Å². The first-order chi connectivity index (χ1) is 13.1. The zero-order valence-electron chi connectivity index (χ0n) is 15.5. The minimum absolute atomic E-state index is 0.0618. The molecule has 0 N–H and O–H groups in total. The Labute approximate surface area is 159 Å². The van der Waals surface area contributed by atoms with Crippen molar-refractivity contribution in [3.63, 3.8) is 0 Å². The van der Waals surface area contributed by atoms with E-state index in [1.807, 2.05) is 24.3 Å². The van der Waals surface area contributed by atoms with Crippen molar-refractivity contribution >= 4 is 11.7 Å². The van der Waals surface area contributed by atoms with Crippen molar-refractivity contribution in [2.24, 2.45) is 0 Å². The van der Waals surface area contributed by atoms with Crippen molar-refractivity contribution in [2.75, 3.05) is 32.7 Å². The number of piperazine rings is 1. The number of ketones is 1. The normalized spacial score (nSPS) is 14.6. The molecule has 1 amide bonds. The SMILES string of the molecule is CCc1ccc(C(=O)CN2CCN(C(=O)c3cccc(C#N)c3)CC2)cc1. The van der Waals surface area contributed by atoms with Crippen LogP contribution in [-0.2, 0) is 6.42 Å². The number of aryl methyl sites for hydroxylation is 1. The predicted molar refractivity (Wildman–Crippen MR) is 104 cm³/mol. The van der Waals surface area contributed by atoms with E-state index in [0.29, 0.717) is 43.9 Å². The van der Waals surface area contributed by atoms with Crippen molar-refractivity contribution in [3.05, 3.63) is 70.8 Å². The Hall–Kier alpha value is -2.97. The van der Waals surface area contributed by atoms with E-state index in [4.69, 9.17) is 5.26 Å². The highest BCUT2D eigenvalue weighted by Gasteiger charge is 2.23. The summed E-state index contributed by atoms with van der Waals surface area (Å²) in [5.74, 6) is 0.0485. The lowest BCUT2D eigenvalue weighted by molar-refractivity contribution is 0.0624. The van der Waals surface area contributed by atoms with E-state index in [1.54, 1.807) is 29.2 Å². The second kappa shape index (κ2) is 8.61. The van der Waals surface area contributed by atoms with E-state index in [2.05, 4.69) is 17.9 Å². The van der Waals surface area contributed by atoms with Crippen LogP contribution in [0.4, 0.5) is 0 Å². The molecule has 5 nitrogen and oxygen atoms in total. The standard InChI is InChI=1S/C22H23N3O2/c1-2-17-6-8-19(9-7-17)21(26)16-24-10-12-25(13-11-24)22(27)20-5-3-4-18(14-20)15-23/h3-9,14H,2,10-13,16H2,1H3. The number of carbonyl (C=O) groups excluding carboxylic acids is 2. The summed E-state index contributed by atoms with van der Waals surface area (Å²) in [6.07, 6.45) is 0.960. The zero-order valence-corrected chi connectivity index (χ0v) is 15.5. The van der Waals surface area contributed by atoms with Gasteiger partial charge in [-0.15, -0.1) is 0 Å². The van der Waals surface area contributed by atoms with E-state index in [1.165, 1.54) is 5.56 Å². The van der Waals surface area contributed by atoms with Gasteiger partial charge in [0.15, 0.2) is 5.78 Å². The molecule has 0 bridgehead atoms. The lowest BCUT2D eigenvalue weighted by atomic mass is 10.1. The van der Waals surface area contributed by atoms with E-state index < -0.39 is 0 Å². The van der Waals surface area contributed by atoms with Crippen molar-refractivity contribution in [1.82, 2.24) is 9.80 Å². The molecule has 3 rings (SSSR count). The molecule has 0 aromatic heterocycles. The molecular weight excluding hydrogens is 338 g/mol. The lowest BCUT2D eigenvalue weighted by Gasteiger charge is -2.34. The van der Waals surface area contributed by atoms with Crippen LogP contribution in [0.1, 0.15) is 38.8 Å². The molecule has 0 saturated carbocycles. The van der Waals surface area contributed by atoms with Crippen LogP contribution in [0.3, 0.4) is 0 Å². The predicted octanol–water partition coefficient (Wildman–Crippen LogP) is 2.76. The molecule has 0 aliphatic carbocycles. The van der Waals surface area contributed by atoms with Crippen molar-refractivity contribution < 1.29 is 9.59 Å². The van der Waals surface area contributed by atoms with Gasteiger partial charge in [-0.05, 0) is 30.2 Å². The number of nitrogens with zero attached hydrogens (tertiary/aromatic N) is 3. The van der Waals surface area contributed by atoms with Crippen LogP contribution < -0.4 is 0 Å². The minimum Gasteiger partial charge on any atom is -0.336 e. The fourth-order valence-corrected chi connectivity index (χ4v) is 3.23. The average molecular weight is 361 g/mol. The van der Waals surface area contributed by atoms with Gasteiger partial charge in [0.05, 0.1) is 18.2 Å². The Morgan fingerprint density at radius 3 is 2.33 bits per heavy atom. The molecule has 138 valence electrons. The van der Waals surface area contributed by atoms with Gasteiger partial charge in [-0.25, -0.2) is 0 Å². The molecule has 1 aliphatic heterocycles. The van der Waals surface area contributed by atoms with E-state index in [0.717, 1.165) is 12.0 Å². The van der Waals surface area contributed by atoms with Crippen LogP contribution in [-0.4, -0.2) is 54.2 Å². The third-order valence-corrected chi connectivity index (χ3v) is 4.95. The van der Waals surface area contributed by atoms with Crippen LogP contribution in [0.25, 0.3) is 0 Å². The smallest absolute Gasteiger partial charge is 0.253 e. The first kappa shape index (κ1) is 18.8. The molecule has 0 spiro atoms. The average Bonchev–Trinajstić information content (AvgIpc) is 2.74. The molecule has 1 heterocycles. The van der Waals surface area contributed by atoms with Gasteiger partial charge < -0.3 is 4.90 Å². The molecule has 2 aromatic carbocycles. The molecule has 1 fully saturated rings. The molecule has 2 aromatic rings. The number of hydrogen-bond acceptors (Lipinski definition) is 4. The molecule has 1 aliphatic rings. The highest BCUT2D eigenvalue weighted by Crippen LogP contribution is 2.12.